The Morgan fingerprint density at radius 2 is 1.92 bits per heavy atom. The molecular formula is C10H11N3. The minimum Gasteiger partial charge on any atom is -0.330 e. The van der Waals surface area contributed by atoms with Crippen LogP contribution in [0.3, 0.4) is 0 Å². The maximum Gasteiger partial charge on any atom is 0.128 e. The van der Waals surface area contributed by atoms with Gasteiger partial charge in [0.15, 0.2) is 0 Å². The number of hydrogen-bond acceptors (Lipinski definition) is 2. The summed E-state index contributed by atoms with van der Waals surface area (Å²) in [5.41, 5.74) is 1.15. The van der Waals surface area contributed by atoms with Crippen molar-refractivity contribution < 1.29 is 0 Å². The van der Waals surface area contributed by atoms with Crippen LogP contribution >= 0.6 is 0 Å². The standard InChI is InChI=1S/C10H11N3/c1-13(10-7-8-11-12-10)9-5-3-2-4-6-9/h2-8H,1H3,(H,11,12). The molecule has 0 fully saturated rings. The molecule has 0 radical (unpaired) electrons. The molecule has 1 heterocycles. The normalized spacial score (nSPS) is 9.92. The Morgan fingerprint density at radius 1 is 1.15 bits per heavy atom. The van der Waals surface area contributed by atoms with Gasteiger partial charge in [-0.3, -0.25) is 5.10 Å². The van der Waals surface area contributed by atoms with Gasteiger partial charge < -0.3 is 4.90 Å². The number of hydrogen-bond donors (Lipinski definition) is 1. The van der Waals surface area contributed by atoms with Crippen molar-refractivity contribution in [1.82, 2.24) is 10.2 Å². The summed E-state index contributed by atoms with van der Waals surface area (Å²) < 4.78 is 0. The highest BCUT2D eigenvalue weighted by Crippen LogP contribution is 2.19. The second-order valence-corrected chi connectivity index (χ2v) is 2.84. The van der Waals surface area contributed by atoms with E-state index in [0.29, 0.717) is 0 Å². The third-order valence-corrected chi connectivity index (χ3v) is 1.99. The molecule has 66 valence electrons. The van der Waals surface area contributed by atoms with Gasteiger partial charge in [0.25, 0.3) is 0 Å². The van der Waals surface area contributed by atoms with E-state index in [1.807, 2.05) is 36.2 Å². The van der Waals surface area contributed by atoms with Crippen LogP contribution in [0.4, 0.5) is 11.5 Å². The number of nitrogens with zero attached hydrogens (tertiary/aromatic N) is 2. The van der Waals surface area contributed by atoms with Gasteiger partial charge in [-0.15, -0.1) is 0 Å². The largest absolute Gasteiger partial charge is 0.330 e. The summed E-state index contributed by atoms with van der Waals surface area (Å²) >= 11 is 0. The summed E-state index contributed by atoms with van der Waals surface area (Å²) in [5, 5.41) is 6.81. The second-order valence-electron chi connectivity index (χ2n) is 2.84. The first-order valence-corrected chi connectivity index (χ1v) is 4.16. The van der Waals surface area contributed by atoms with E-state index >= 15 is 0 Å². The van der Waals surface area contributed by atoms with Crippen LogP contribution in [-0.2, 0) is 0 Å². The van der Waals surface area contributed by atoms with Crippen LogP contribution in [-0.4, -0.2) is 17.2 Å². The summed E-state index contributed by atoms with van der Waals surface area (Å²) in [7, 11) is 2.00. The van der Waals surface area contributed by atoms with E-state index in [2.05, 4.69) is 22.3 Å². The van der Waals surface area contributed by atoms with Crippen molar-refractivity contribution in [3.05, 3.63) is 42.6 Å². The van der Waals surface area contributed by atoms with Crippen molar-refractivity contribution in [2.24, 2.45) is 0 Å². The lowest BCUT2D eigenvalue weighted by Gasteiger charge is -2.16. The first-order chi connectivity index (χ1) is 6.38. The van der Waals surface area contributed by atoms with E-state index in [1.165, 1.54) is 0 Å². The SMILES string of the molecule is CN(c1ccccc1)c1ccn[nH]1. The lowest BCUT2D eigenvalue weighted by molar-refractivity contribution is 1.04. The zero-order valence-electron chi connectivity index (χ0n) is 7.44. The van der Waals surface area contributed by atoms with Crippen LogP contribution in [0, 0.1) is 0 Å². The van der Waals surface area contributed by atoms with Gasteiger partial charge in [-0.1, -0.05) is 18.2 Å². The lowest BCUT2D eigenvalue weighted by Crippen LogP contribution is -2.09. The van der Waals surface area contributed by atoms with Gasteiger partial charge in [-0.25, -0.2) is 0 Å². The molecule has 0 bridgehead atoms. The number of para-hydroxylation sites is 1. The predicted octanol–water partition coefficient (Wildman–Crippen LogP) is 2.18. The van der Waals surface area contributed by atoms with Crippen LogP contribution in [0.25, 0.3) is 0 Å². The first-order valence-electron chi connectivity index (χ1n) is 4.16. The number of benzene rings is 1. The van der Waals surface area contributed by atoms with E-state index in [1.54, 1.807) is 6.20 Å². The summed E-state index contributed by atoms with van der Waals surface area (Å²) in [6.45, 7) is 0. The molecule has 2 rings (SSSR count). The van der Waals surface area contributed by atoms with Gasteiger partial charge in [0.1, 0.15) is 5.82 Å². The molecule has 3 nitrogen and oxygen atoms in total. The van der Waals surface area contributed by atoms with E-state index < -0.39 is 0 Å². The molecular weight excluding hydrogens is 162 g/mol. The minimum absolute atomic E-state index is 0.992. The number of nitrogens with one attached hydrogen (secondary N) is 1. The van der Waals surface area contributed by atoms with Gasteiger partial charge in [0, 0.05) is 18.8 Å². The molecule has 0 aliphatic heterocycles. The maximum absolute atomic E-state index is 3.90. The molecule has 0 aliphatic rings. The average Bonchev–Trinajstić information content (AvgIpc) is 2.71. The van der Waals surface area contributed by atoms with Crippen LogP contribution < -0.4 is 4.90 Å². The summed E-state index contributed by atoms with van der Waals surface area (Å²) in [6.07, 6.45) is 1.74. The molecule has 0 atom stereocenters. The first kappa shape index (κ1) is 7.86. The van der Waals surface area contributed by atoms with Crippen LogP contribution in [0.1, 0.15) is 0 Å². The summed E-state index contributed by atoms with van der Waals surface area (Å²) in [6, 6.07) is 12.1. The molecule has 0 spiro atoms. The van der Waals surface area contributed by atoms with E-state index in [9.17, 15) is 0 Å². The Bertz CT molecular complexity index is 353. The van der Waals surface area contributed by atoms with Crippen LogP contribution in [0.15, 0.2) is 42.6 Å². The van der Waals surface area contributed by atoms with Crippen molar-refractivity contribution in [1.29, 1.82) is 0 Å². The Kier molecular flexibility index (Phi) is 2.00. The van der Waals surface area contributed by atoms with Gasteiger partial charge in [0.2, 0.25) is 0 Å². The van der Waals surface area contributed by atoms with Gasteiger partial charge in [-0.2, -0.15) is 5.10 Å². The predicted molar refractivity (Wildman–Crippen MR) is 53.1 cm³/mol. The highest BCUT2D eigenvalue weighted by Gasteiger charge is 2.02. The molecule has 13 heavy (non-hydrogen) atoms. The van der Waals surface area contributed by atoms with Crippen LogP contribution in [0.2, 0.25) is 0 Å². The zero-order chi connectivity index (χ0) is 9.10. The monoisotopic (exact) mass is 173 g/mol. The third kappa shape index (κ3) is 1.54. The molecule has 0 saturated heterocycles. The average molecular weight is 173 g/mol. The molecule has 0 aliphatic carbocycles. The molecule has 0 saturated carbocycles. The highest BCUT2D eigenvalue weighted by molar-refractivity contribution is 5.58. The topological polar surface area (TPSA) is 31.9 Å². The Hall–Kier alpha value is -1.77. The lowest BCUT2D eigenvalue weighted by atomic mass is 10.3. The van der Waals surface area contributed by atoms with E-state index in [4.69, 9.17) is 0 Å². The summed E-state index contributed by atoms with van der Waals surface area (Å²) in [5.74, 6) is 0.992. The van der Waals surface area contributed by atoms with Crippen molar-refractivity contribution in [2.45, 2.75) is 0 Å². The van der Waals surface area contributed by atoms with E-state index in [-0.39, 0.29) is 0 Å². The second kappa shape index (κ2) is 3.31. The maximum atomic E-state index is 3.90. The number of rotatable bonds is 2. The van der Waals surface area contributed by atoms with Crippen molar-refractivity contribution in [2.75, 3.05) is 11.9 Å². The van der Waals surface area contributed by atoms with Gasteiger partial charge in [0.05, 0.1) is 6.20 Å². The molecule has 0 amide bonds. The molecule has 3 heteroatoms. The van der Waals surface area contributed by atoms with Gasteiger partial charge >= 0.3 is 0 Å². The third-order valence-electron chi connectivity index (χ3n) is 1.99. The molecule has 0 unspecified atom stereocenters. The zero-order valence-corrected chi connectivity index (χ0v) is 7.44. The van der Waals surface area contributed by atoms with Crippen LogP contribution in [0.5, 0.6) is 0 Å². The molecule has 1 N–H and O–H groups in total. The van der Waals surface area contributed by atoms with Crippen molar-refractivity contribution in [3.63, 3.8) is 0 Å². The smallest absolute Gasteiger partial charge is 0.128 e. The fourth-order valence-electron chi connectivity index (χ4n) is 1.23. The van der Waals surface area contributed by atoms with Crippen molar-refractivity contribution in [3.8, 4) is 0 Å². The summed E-state index contributed by atoms with van der Waals surface area (Å²) in [4.78, 5) is 2.05. The fraction of sp³-hybridized carbons (Fsp3) is 0.100. The number of aromatic nitrogens is 2. The molecule has 2 aromatic rings. The number of aromatic amines is 1. The van der Waals surface area contributed by atoms with Crippen molar-refractivity contribution >= 4 is 11.5 Å². The Labute approximate surface area is 77.0 Å². The fourth-order valence-corrected chi connectivity index (χ4v) is 1.23. The number of anilines is 2. The highest BCUT2D eigenvalue weighted by atomic mass is 15.3. The Morgan fingerprint density at radius 3 is 2.54 bits per heavy atom. The quantitative estimate of drug-likeness (QED) is 0.754. The minimum atomic E-state index is 0.992. The van der Waals surface area contributed by atoms with Gasteiger partial charge in [-0.05, 0) is 12.1 Å². The molecule has 1 aromatic heterocycles. The van der Waals surface area contributed by atoms with E-state index in [0.717, 1.165) is 11.5 Å². The molecule has 1 aromatic carbocycles. The number of H-pyrrole nitrogens is 1. The Balaban J connectivity index is 2.29.